The van der Waals surface area contributed by atoms with Gasteiger partial charge in [0.05, 0.1) is 19.4 Å². The molecule has 2 heterocycles. The summed E-state index contributed by atoms with van der Waals surface area (Å²) in [6, 6.07) is 15.6. The van der Waals surface area contributed by atoms with Crippen molar-refractivity contribution in [2.75, 3.05) is 26.7 Å². The van der Waals surface area contributed by atoms with Crippen molar-refractivity contribution >= 4 is 17.7 Å². The van der Waals surface area contributed by atoms with E-state index in [1.165, 1.54) is 11.1 Å². The van der Waals surface area contributed by atoms with Gasteiger partial charge in [-0.1, -0.05) is 49.2 Å². The topological polar surface area (TPSA) is 79.0 Å². The lowest BCUT2D eigenvalue weighted by atomic mass is 9.97. The predicted molar refractivity (Wildman–Crippen MR) is 145 cm³/mol. The van der Waals surface area contributed by atoms with E-state index in [0.29, 0.717) is 39.0 Å². The van der Waals surface area contributed by atoms with E-state index in [1.807, 2.05) is 46.2 Å². The Morgan fingerprint density at radius 2 is 1.79 bits per heavy atom. The number of amides is 3. The number of hydrogen-bond acceptors (Lipinski definition) is 4. The second-order valence-corrected chi connectivity index (χ2v) is 10.9. The zero-order valence-electron chi connectivity index (χ0n) is 22.4. The molecule has 3 aliphatic rings. The first-order valence-corrected chi connectivity index (χ1v) is 14.1. The third kappa shape index (κ3) is 5.87. The fraction of sp³-hybridized carbons (Fsp3) is 0.516. The first-order chi connectivity index (χ1) is 18.5. The van der Waals surface area contributed by atoms with Gasteiger partial charge in [0.25, 0.3) is 0 Å². The molecule has 5 rings (SSSR count). The maximum atomic E-state index is 13.7. The second-order valence-electron chi connectivity index (χ2n) is 10.9. The summed E-state index contributed by atoms with van der Waals surface area (Å²) >= 11 is 0. The highest BCUT2D eigenvalue weighted by Crippen LogP contribution is 2.38. The van der Waals surface area contributed by atoms with Crippen LogP contribution in [-0.2, 0) is 33.8 Å². The SMILES string of the molecule is COc1cccc(CC(=O)N2CCCCCCNC(=O)C3CC(C(=O)N4CCc5ccccc5C4)CC32)c1. The Hall–Kier alpha value is -3.35. The summed E-state index contributed by atoms with van der Waals surface area (Å²) in [6.45, 7) is 2.59. The van der Waals surface area contributed by atoms with Crippen molar-refractivity contribution in [1.82, 2.24) is 15.1 Å². The van der Waals surface area contributed by atoms with Gasteiger partial charge in [-0.05, 0) is 60.9 Å². The summed E-state index contributed by atoms with van der Waals surface area (Å²) in [5.74, 6) is 0.215. The Morgan fingerprint density at radius 1 is 0.974 bits per heavy atom. The molecule has 1 saturated heterocycles. The number of benzene rings is 2. The van der Waals surface area contributed by atoms with Gasteiger partial charge in [0.1, 0.15) is 5.75 Å². The summed E-state index contributed by atoms with van der Waals surface area (Å²) in [5, 5.41) is 3.11. The lowest BCUT2D eigenvalue weighted by Crippen LogP contribution is -2.48. The highest BCUT2D eigenvalue weighted by atomic mass is 16.5. The quantitative estimate of drug-likeness (QED) is 0.670. The number of nitrogens with zero attached hydrogens (tertiary/aromatic N) is 2. The smallest absolute Gasteiger partial charge is 0.227 e. The molecule has 3 unspecified atom stereocenters. The van der Waals surface area contributed by atoms with E-state index in [0.717, 1.165) is 43.4 Å². The highest BCUT2D eigenvalue weighted by molar-refractivity contribution is 5.86. The van der Waals surface area contributed by atoms with Gasteiger partial charge in [-0.2, -0.15) is 0 Å². The van der Waals surface area contributed by atoms with Crippen LogP contribution in [0.15, 0.2) is 48.5 Å². The van der Waals surface area contributed by atoms with Crippen LogP contribution in [-0.4, -0.2) is 60.3 Å². The third-order valence-corrected chi connectivity index (χ3v) is 8.49. The molecule has 1 saturated carbocycles. The summed E-state index contributed by atoms with van der Waals surface area (Å²) in [7, 11) is 1.62. The van der Waals surface area contributed by atoms with Crippen LogP contribution in [0.4, 0.5) is 0 Å². The zero-order valence-corrected chi connectivity index (χ0v) is 22.4. The molecular formula is C31H39N3O4. The summed E-state index contributed by atoms with van der Waals surface area (Å²) in [4.78, 5) is 44.7. The lowest BCUT2D eigenvalue weighted by molar-refractivity contribution is -0.138. The van der Waals surface area contributed by atoms with Gasteiger partial charge < -0.3 is 19.9 Å². The van der Waals surface area contributed by atoms with Crippen LogP contribution in [0.3, 0.4) is 0 Å². The van der Waals surface area contributed by atoms with Gasteiger partial charge >= 0.3 is 0 Å². The number of carbonyl (C=O) groups is 3. The van der Waals surface area contributed by atoms with Gasteiger partial charge in [0.15, 0.2) is 0 Å². The lowest BCUT2D eigenvalue weighted by Gasteiger charge is -2.33. The molecule has 1 aliphatic carbocycles. The van der Waals surface area contributed by atoms with Gasteiger partial charge in [0.2, 0.25) is 17.7 Å². The molecule has 38 heavy (non-hydrogen) atoms. The summed E-state index contributed by atoms with van der Waals surface area (Å²) in [6.07, 6.45) is 6.04. The van der Waals surface area contributed by atoms with E-state index in [-0.39, 0.29) is 42.0 Å². The molecule has 0 spiro atoms. The van der Waals surface area contributed by atoms with Crippen molar-refractivity contribution in [3.05, 3.63) is 65.2 Å². The van der Waals surface area contributed by atoms with Crippen LogP contribution in [0.25, 0.3) is 0 Å². The summed E-state index contributed by atoms with van der Waals surface area (Å²) < 4.78 is 5.35. The highest BCUT2D eigenvalue weighted by Gasteiger charge is 2.46. The first kappa shape index (κ1) is 26.3. The Labute approximate surface area is 225 Å². The van der Waals surface area contributed by atoms with Gasteiger partial charge in [-0.3, -0.25) is 14.4 Å². The van der Waals surface area contributed by atoms with E-state index in [2.05, 4.69) is 17.4 Å². The zero-order chi connectivity index (χ0) is 26.5. The van der Waals surface area contributed by atoms with E-state index < -0.39 is 0 Å². The van der Waals surface area contributed by atoms with E-state index >= 15 is 0 Å². The number of methoxy groups -OCH3 is 1. The maximum Gasteiger partial charge on any atom is 0.227 e. The van der Waals surface area contributed by atoms with E-state index in [1.54, 1.807) is 7.11 Å². The molecule has 0 radical (unpaired) electrons. The van der Waals surface area contributed by atoms with Crippen LogP contribution in [0.1, 0.15) is 55.2 Å². The Balaban J connectivity index is 1.36. The molecule has 3 atom stereocenters. The molecule has 3 amide bonds. The van der Waals surface area contributed by atoms with Crippen molar-refractivity contribution in [1.29, 1.82) is 0 Å². The largest absolute Gasteiger partial charge is 0.497 e. The fourth-order valence-electron chi connectivity index (χ4n) is 6.42. The third-order valence-electron chi connectivity index (χ3n) is 8.49. The number of nitrogens with one attached hydrogen (secondary N) is 1. The van der Waals surface area contributed by atoms with Crippen LogP contribution in [0.5, 0.6) is 5.75 Å². The Morgan fingerprint density at radius 3 is 2.63 bits per heavy atom. The van der Waals surface area contributed by atoms with Crippen molar-refractivity contribution in [2.24, 2.45) is 11.8 Å². The molecule has 2 aromatic carbocycles. The number of rotatable bonds is 4. The minimum absolute atomic E-state index is 0.0142. The molecule has 7 heteroatoms. The molecule has 0 bridgehead atoms. The molecule has 2 aromatic rings. The van der Waals surface area contributed by atoms with Crippen LogP contribution in [0.2, 0.25) is 0 Å². The summed E-state index contributed by atoms with van der Waals surface area (Å²) in [5.41, 5.74) is 3.40. The van der Waals surface area contributed by atoms with Crippen LogP contribution >= 0.6 is 0 Å². The molecule has 7 nitrogen and oxygen atoms in total. The molecule has 2 aliphatic heterocycles. The van der Waals surface area contributed by atoms with Gasteiger partial charge in [-0.25, -0.2) is 0 Å². The van der Waals surface area contributed by atoms with Crippen LogP contribution < -0.4 is 10.1 Å². The van der Waals surface area contributed by atoms with Crippen molar-refractivity contribution < 1.29 is 19.1 Å². The van der Waals surface area contributed by atoms with Crippen molar-refractivity contribution in [3.63, 3.8) is 0 Å². The fourth-order valence-corrected chi connectivity index (χ4v) is 6.42. The second kappa shape index (κ2) is 12.0. The monoisotopic (exact) mass is 517 g/mol. The standard InChI is InChI=1S/C31H39N3O4/c1-38-26-12-8-9-22(17-26)18-29(35)34-15-7-3-2-6-14-32-30(36)27-19-25(20-28(27)34)31(37)33-16-13-23-10-4-5-11-24(23)21-33/h4-5,8-12,17,25,27-28H,2-3,6-7,13-16,18-21H2,1H3,(H,32,36). The Kier molecular flexibility index (Phi) is 8.30. The van der Waals surface area contributed by atoms with E-state index in [4.69, 9.17) is 4.74 Å². The molecule has 0 aromatic heterocycles. The van der Waals surface area contributed by atoms with Crippen LogP contribution in [0, 0.1) is 11.8 Å². The Bertz CT molecular complexity index is 1170. The number of fused-ring (bicyclic) bond motifs is 2. The van der Waals surface area contributed by atoms with E-state index in [9.17, 15) is 14.4 Å². The number of hydrogen-bond donors (Lipinski definition) is 1. The normalized spacial score (nSPS) is 24.0. The molecular weight excluding hydrogens is 478 g/mol. The van der Waals surface area contributed by atoms with Gasteiger partial charge in [-0.15, -0.1) is 0 Å². The van der Waals surface area contributed by atoms with Crippen molar-refractivity contribution in [2.45, 2.75) is 64.0 Å². The van der Waals surface area contributed by atoms with Gasteiger partial charge in [0, 0.05) is 38.1 Å². The predicted octanol–water partition coefficient (Wildman–Crippen LogP) is 3.74. The number of ether oxygens (including phenoxy) is 1. The van der Waals surface area contributed by atoms with Crippen molar-refractivity contribution in [3.8, 4) is 5.75 Å². The maximum absolute atomic E-state index is 13.7. The first-order valence-electron chi connectivity index (χ1n) is 14.1. The number of carbonyl (C=O) groups excluding carboxylic acids is 3. The molecule has 202 valence electrons. The average Bonchev–Trinajstić information content (AvgIpc) is 3.37. The minimum atomic E-state index is -0.367. The molecule has 2 fully saturated rings. The molecule has 1 N–H and O–H groups in total. The average molecular weight is 518 g/mol. The minimum Gasteiger partial charge on any atom is -0.497 e.